The molecule has 7 nitrogen and oxygen atoms in total. The van der Waals surface area contributed by atoms with Crippen LogP contribution in [0.4, 0.5) is 0 Å². The Morgan fingerprint density at radius 1 is 1.31 bits per heavy atom. The fourth-order valence-electron chi connectivity index (χ4n) is 2.53. The molecule has 0 saturated heterocycles. The van der Waals surface area contributed by atoms with Crippen LogP contribution in [0.1, 0.15) is 17.9 Å². The van der Waals surface area contributed by atoms with Gasteiger partial charge in [-0.25, -0.2) is 4.79 Å². The molecular formula is C17H14Cl2N2O5. The van der Waals surface area contributed by atoms with Gasteiger partial charge < -0.3 is 19.9 Å². The van der Waals surface area contributed by atoms with Gasteiger partial charge in [0.1, 0.15) is 23.8 Å². The normalized spacial score (nSPS) is 16.7. The van der Waals surface area contributed by atoms with Crippen LogP contribution in [0.3, 0.4) is 0 Å². The highest BCUT2D eigenvalue weighted by molar-refractivity contribution is 6.35. The number of nitrogens with zero attached hydrogens (tertiary/aromatic N) is 1. The summed E-state index contributed by atoms with van der Waals surface area (Å²) in [6, 6.07) is 6.50. The first kappa shape index (κ1) is 19.6. The van der Waals surface area contributed by atoms with Crippen molar-refractivity contribution in [3.8, 4) is 6.07 Å². The number of allylic oxidation sites excluding steroid dienone is 1. The van der Waals surface area contributed by atoms with Gasteiger partial charge in [0.15, 0.2) is 0 Å². The number of hydrogen-bond acceptors (Lipinski definition) is 7. The van der Waals surface area contributed by atoms with Gasteiger partial charge in [-0.1, -0.05) is 29.3 Å². The van der Waals surface area contributed by atoms with Crippen LogP contribution in [-0.2, 0) is 23.8 Å². The molecular weight excluding hydrogens is 383 g/mol. The van der Waals surface area contributed by atoms with Crippen molar-refractivity contribution in [1.29, 1.82) is 5.26 Å². The highest BCUT2D eigenvalue weighted by Crippen LogP contribution is 2.43. The average molecular weight is 397 g/mol. The number of carbonyl (C=O) groups is 2. The zero-order valence-electron chi connectivity index (χ0n) is 13.8. The van der Waals surface area contributed by atoms with Crippen LogP contribution in [0.2, 0.25) is 10.0 Å². The molecule has 1 aliphatic heterocycles. The fraction of sp³-hybridized carbons (Fsp3) is 0.235. The van der Waals surface area contributed by atoms with E-state index >= 15 is 0 Å². The van der Waals surface area contributed by atoms with E-state index < -0.39 is 17.9 Å². The predicted molar refractivity (Wildman–Crippen MR) is 92.8 cm³/mol. The molecule has 1 aliphatic rings. The van der Waals surface area contributed by atoms with E-state index in [4.69, 9.17) is 38.4 Å². The summed E-state index contributed by atoms with van der Waals surface area (Å²) in [5.41, 5.74) is 6.13. The highest BCUT2D eigenvalue weighted by Gasteiger charge is 2.39. The van der Waals surface area contributed by atoms with E-state index in [2.05, 4.69) is 4.74 Å². The lowest BCUT2D eigenvalue weighted by Crippen LogP contribution is -2.27. The summed E-state index contributed by atoms with van der Waals surface area (Å²) >= 11 is 12.2. The number of nitrogens with two attached hydrogens (primary N) is 1. The number of hydrogen-bond donors (Lipinski definition) is 1. The van der Waals surface area contributed by atoms with Crippen molar-refractivity contribution in [2.75, 3.05) is 14.2 Å². The first-order chi connectivity index (χ1) is 12.3. The van der Waals surface area contributed by atoms with Gasteiger partial charge in [0.25, 0.3) is 0 Å². The molecule has 1 aromatic carbocycles. The Morgan fingerprint density at radius 2 is 2.00 bits per heavy atom. The number of methoxy groups -OCH3 is 2. The number of ether oxygens (including phenoxy) is 3. The smallest absolute Gasteiger partial charge is 0.338 e. The number of carbonyl (C=O) groups excluding carboxylic acids is 2. The van der Waals surface area contributed by atoms with Crippen molar-refractivity contribution in [3.63, 3.8) is 0 Å². The molecule has 0 spiro atoms. The Labute approximate surface area is 159 Å². The van der Waals surface area contributed by atoms with Gasteiger partial charge in [-0.3, -0.25) is 4.79 Å². The molecule has 0 radical (unpaired) electrons. The minimum absolute atomic E-state index is 0.0387. The van der Waals surface area contributed by atoms with Crippen molar-refractivity contribution in [3.05, 3.63) is 56.6 Å². The lowest BCUT2D eigenvalue weighted by molar-refractivity contribution is -0.140. The highest BCUT2D eigenvalue weighted by atomic mass is 35.5. The van der Waals surface area contributed by atoms with Gasteiger partial charge in [0.2, 0.25) is 5.88 Å². The molecule has 0 fully saturated rings. The van der Waals surface area contributed by atoms with E-state index in [-0.39, 0.29) is 34.2 Å². The van der Waals surface area contributed by atoms with Crippen LogP contribution in [0.5, 0.6) is 0 Å². The van der Waals surface area contributed by atoms with Crippen LogP contribution in [0.15, 0.2) is 41.0 Å². The molecule has 0 bridgehead atoms. The van der Waals surface area contributed by atoms with Gasteiger partial charge in [-0.05, 0) is 17.7 Å². The van der Waals surface area contributed by atoms with Crippen LogP contribution < -0.4 is 5.73 Å². The molecule has 0 amide bonds. The quantitative estimate of drug-likeness (QED) is 0.778. The van der Waals surface area contributed by atoms with Gasteiger partial charge in [0.05, 0.1) is 25.7 Å². The SMILES string of the molecule is COC(=O)CC1=C(C(=O)OC)C(c2ccc(Cl)cc2Cl)C(C#N)=C(N)O1. The molecule has 136 valence electrons. The van der Waals surface area contributed by atoms with Gasteiger partial charge in [-0.15, -0.1) is 0 Å². The number of esters is 2. The summed E-state index contributed by atoms with van der Waals surface area (Å²) in [4.78, 5) is 24.1. The standard InChI is InChI=1S/C17H14Cl2N2O5/c1-24-13(22)6-12-15(17(23)25-2)14(10(7-20)16(21)26-12)9-4-3-8(18)5-11(9)19/h3-5,14H,6,21H2,1-2H3. The van der Waals surface area contributed by atoms with Gasteiger partial charge in [-0.2, -0.15) is 5.26 Å². The minimum atomic E-state index is -0.981. The van der Waals surface area contributed by atoms with E-state index in [1.807, 2.05) is 6.07 Å². The van der Waals surface area contributed by atoms with E-state index in [0.29, 0.717) is 10.6 Å². The molecule has 0 aromatic heterocycles. The monoisotopic (exact) mass is 396 g/mol. The first-order valence-electron chi connectivity index (χ1n) is 7.24. The molecule has 2 rings (SSSR count). The Morgan fingerprint density at radius 3 is 2.54 bits per heavy atom. The van der Waals surface area contributed by atoms with E-state index in [9.17, 15) is 14.9 Å². The van der Waals surface area contributed by atoms with Crippen molar-refractivity contribution in [2.24, 2.45) is 5.73 Å². The lowest BCUT2D eigenvalue weighted by Gasteiger charge is -2.28. The molecule has 2 N–H and O–H groups in total. The molecule has 9 heteroatoms. The van der Waals surface area contributed by atoms with Crippen LogP contribution in [0, 0.1) is 11.3 Å². The second kappa shape index (κ2) is 8.13. The maximum Gasteiger partial charge on any atom is 0.338 e. The van der Waals surface area contributed by atoms with Crippen LogP contribution in [0.25, 0.3) is 0 Å². The van der Waals surface area contributed by atoms with Crippen molar-refractivity contribution >= 4 is 35.1 Å². The lowest BCUT2D eigenvalue weighted by atomic mass is 9.82. The number of benzene rings is 1. The average Bonchev–Trinajstić information content (AvgIpc) is 2.60. The molecule has 1 heterocycles. The number of nitriles is 1. The van der Waals surface area contributed by atoms with E-state index in [1.54, 1.807) is 12.1 Å². The second-order valence-corrected chi connectivity index (χ2v) is 6.02. The third-order valence-corrected chi connectivity index (χ3v) is 4.27. The van der Waals surface area contributed by atoms with Crippen molar-refractivity contribution < 1.29 is 23.8 Å². The predicted octanol–water partition coefficient (Wildman–Crippen LogP) is 2.79. The molecule has 1 atom stereocenters. The Hall–Kier alpha value is -2.69. The van der Waals surface area contributed by atoms with Crippen molar-refractivity contribution in [1.82, 2.24) is 0 Å². The molecule has 1 aromatic rings. The van der Waals surface area contributed by atoms with Gasteiger partial charge in [0, 0.05) is 10.0 Å². The summed E-state index contributed by atoms with van der Waals surface area (Å²) in [7, 11) is 2.36. The first-order valence-corrected chi connectivity index (χ1v) is 8.00. The molecule has 0 saturated carbocycles. The molecule has 1 unspecified atom stereocenters. The van der Waals surface area contributed by atoms with Crippen molar-refractivity contribution in [2.45, 2.75) is 12.3 Å². The van der Waals surface area contributed by atoms with E-state index in [1.165, 1.54) is 20.3 Å². The maximum atomic E-state index is 12.4. The summed E-state index contributed by atoms with van der Waals surface area (Å²) in [6.07, 6.45) is -0.373. The second-order valence-electron chi connectivity index (χ2n) is 5.17. The summed E-state index contributed by atoms with van der Waals surface area (Å²) in [5, 5.41) is 10.1. The summed E-state index contributed by atoms with van der Waals surface area (Å²) in [6.45, 7) is 0. The topological polar surface area (TPSA) is 112 Å². The number of halogens is 2. The van der Waals surface area contributed by atoms with Gasteiger partial charge >= 0.3 is 11.9 Å². The van der Waals surface area contributed by atoms with Crippen LogP contribution in [-0.4, -0.2) is 26.2 Å². The Balaban J connectivity index is 2.73. The third kappa shape index (κ3) is 3.77. The Bertz CT molecular complexity index is 870. The minimum Gasteiger partial charge on any atom is -0.469 e. The molecule has 0 aliphatic carbocycles. The summed E-state index contributed by atoms with van der Waals surface area (Å²) < 4.78 is 14.8. The number of rotatable bonds is 4. The molecule has 26 heavy (non-hydrogen) atoms. The maximum absolute atomic E-state index is 12.4. The zero-order chi connectivity index (χ0) is 19.4. The largest absolute Gasteiger partial charge is 0.469 e. The fourth-order valence-corrected chi connectivity index (χ4v) is 3.05. The van der Waals surface area contributed by atoms with E-state index in [0.717, 1.165) is 0 Å². The zero-order valence-corrected chi connectivity index (χ0v) is 15.4. The van der Waals surface area contributed by atoms with Crippen LogP contribution >= 0.6 is 23.2 Å². The Kier molecular flexibility index (Phi) is 6.14. The third-order valence-electron chi connectivity index (χ3n) is 3.71. The summed E-state index contributed by atoms with van der Waals surface area (Å²) in [5.74, 6) is -2.74.